The van der Waals surface area contributed by atoms with Crippen LogP contribution in [0.4, 0.5) is 8.78 Å². The van der Waals surface area contributed by atoms with Crippen LogP contribution in [0, 0.1) is 5.92 Å². The monoisotopic (exact) mass is 219 g/mol. The molecule has 2 fully saturated rings. The fraction of sp³-hybridized carbons (Fsp3) is 0.900. The molecule has 0 aromatic heterocycles. The molecular formula is C10H15F2NO2. The Kier molecular flexibility index (Phi) is 2.66. The van der Waals surface area contributed by atoms with E-state index in [1.807, 2.05) is 6.92 Å². The summed E-state index contributed by atoms with van der Waals surface area (Å²) in [6.07, 6.45) is -0.564. The summed E-state index contributed by atoms with van der Waals surface area (Å²) in [5.74, 6) is -3.21. The molecule has 2 aliphatic rings. The lowest BCUT2D eigenvalue weighted by Crippen LogP contribution is -2.56. The van der Waals surface area contributed by atoms with E-state index < -0.39 is 11.8 Å². The molecule has 2 rings (SSSR count). The number of halogens is 2. The minimum atomic E-state index is -2.62. The van der Waals surface area contributed by atoms with Gasteiger partial charge in [0, 0.05) is 25.3 Å². The molecule has 1 amide bonds. The summed E-state index contributed by atoms with van der Waals surface area (Å²) in [4.78, 5) is 13.5. The average molecular weight is 219 g/mol. The first kappa shape index (κ1) is 10.8. The molecule has 1 aliphatic heterocycles. The van der Waals surface area contributed by atoms with Crippen LogP contribution in [0.15, 0.2) is 0 Å². The second kappa shape index (κ2) is 3.70. The van der Waals surface area contributed by atoms with E-state index in [1.165, 1.54) is 0 Å². The molecule has 1 saturated heterocycles. The third-order valence-electron chi connectivity index (χ3n) is 3.12. The minimum absolute atomic E-state index is 0.108. The Hall–Kier alpha value is -0.710. The van der Waals surface area contributed by atoms with E-state index in [0.29, 0.717) is 19.8 Å². The van der Waals surface area contributed by atoms with Gasteiger partial charge in [0.1, 0.15) is 0 Å². The molecule has 1 aliphatic carbocycles. The number of carbonyl (C=O) groups excluding carboxylic acids is 1. The van der Waals surface area contributed by atoms with E-state index in [1.54, 1.807) is 4.90 Å². The molecule has 1 saturated carbocycles. The van der Waals surface area contributed by atoms with Crippen molar-refractivity contribution in [1.82, 2.24) is 4.90 Å². The van der Waals surface area contributed by atoms with Crippen molar-refractivity contribution >= 4 is 5.91 Å². The van der Waals surface area contributed by atoms with Gasteiger partial charge in [0.05, 0.1) is 19.3 Å². The highest BCUT2D eigenvalue weighted by Crippen LogP contribution is 2.43. The summed E-state index contributed by atoms with van der Waals surface area (Å²) in [5, 5.41) is 0. The molecule has 0 bridgehead atoms. The van der Waals surface area contributed by atoms with Crippen molar-refractivity contribution in [1.29, 1.82) is 0 Å². The third kappa shape index (κ3) is 1.97. The predicted octanol–water partition coefficient (Wildman–Crippen LogP) is 1.28. The van der Waals surface area contributed by atoms with Crippen molar-refractivity contribution in [2.24, 2.45) is 5.92 Å². The van der Waals surface area contributed by atoms with Crippen LogP contribution in [0.2, 0.25) is 0 Å². The van der Waals surface area contributed by atoms with Gasteiger partial charge in [-0.2, -0.15) is 0 Å². The van der Waals surface area contributed by atoms with E-state index in [-0.39, 0.29) is 24.8 Å². The fourth-order valence-corrected chi connectivity index (χ4v) is 2.07. The fourth-order valence-electron chi connectivity index (χ4n) is 2.07. The van der Waals surface area contributed by atoms with Crippen molar-refractivity contribution in [2.75, 3.05) is 19.8 Å². The maximum absolute atomic E-state index is 12.6. The Balaban J connectivity index is 1.89. The Morgan fingerprint density at radius 2 is 2.07 bits per heavy atom. The molecular weight excluding hydrogens is 204 g/mol. The number of hydrogen-bond acceptors (Lipinski definition) is 2. The number of ether oxygens (including phenoxy) is 1. The molecule has 3 nitrogen and oxygen atoms in total. The van der Waals surface area contributed by atoms with Crippen LogP contribution in [-0.4, -0.2) is 42.5 Å². The zero-order valence-electron chi connectivity index (χ0n) is 8.71. The van der Waals surface area contributed by atoms with Crippen LogP contribution in [0.1, 0.15) is 19.8 Å². The van der Waals surface area contributed by atoms with Gasteiger partial charge in [-0.25, -0.2) is 8.78 Å². The second-order valence-electron chi connectivity index (χ2n) is 4.28. The molecule has 0 radical (unpaired) electrons. The van der Waals surface area contributed by atoms with Crippen molar-refractivity contribution < 1.29 is 18.3 Å². The lowest BCUT2D eigenvalue weighted by Gasteiger charge is -2.42. The van der Waals surface area contributed by atoms with Gasteiger partial charge < -0.3 is 9.64 Å². The van der Waals surface area contributed by atoms with E-state index >= 15 is 0 Å². The number of alkyl halides is 2. The van der Waals surface area contributed by atoms with Crippen molar-refractivity contribution in [3.05, 3.63) is 0 Å². The lowest BCUT2D eigenvalue weighted by atomic mass is 9.80. The molecule has 0 N–H and O–H groups in total. The molecule has 86 valence electrons. The molecule has 0 spiro atoms. The maximum atomic E-state index is 12.6. The molecule has 0 aromatic carbocycles. The Bertz CT molecular complexity index is 258. The van der Waals surface area contributed by atoms with Crippen LogP contribution >= 0.6 is 0 Å². The first-order chi connectivity index (χ1) is 7.03. The van der Waals surface area contributed by atoms with Gasteiger partial charge in [0.15, 0.2) is 0 Å². The van der Waals surface area contributed by atoms with E-state index in [2.05, 4.69) is 0 Å². The molecule has 0 unspecified atom stereocenters. The summed E-state index contributed by atoms with van der Waals surface area (Å²) < 4.78 is 30.2. The summed E-state index contributed by atoms with van der Waals surface area (Å²) in [6.45, 7) is 3.54. The van der Waals surface area contributed by atoms with Crippen LogP contribution < -0.4 is 0 Å². The summed E-state index contributed by atoms with van der Waals surface area (Å²) >= 11 is 0. The molecule has 1 heterocycles. The lowest BCUT2D eigenvalue weighted by molar-refractivity contribution is -0.169. The Morgan fingerprint density at radius 1 is 1.47 bits per heavy atom. The molecule has 0 atom stereocenters. The number of rotatable bonds is 3. The summed E-state index contributed by atoms with van der Waals surface area (Å²) in [5.41, 5.74) is 0. The zero-order chi connectivity index (χ0) is 11.1. The standard InChI is InChI=1S/C10H15F2NO2/c1-2-13(8-5-15-6-8)9(14)7-3-10(11,12)4-7/h7-8H,2-6H2,1H3. The van der Waals surface area contributed by atoms with Crippen molar-refractivity contribution in [2.45, 2.75) is 31.7 Å². The van der Waals surface area contributed by atoms with Gasteiger partial charge in [0.25, 0.3) is 0 Å². The van der Waals surface area contributed by atoms with Gasteiger partial charge in [-0.3, -0.25) is 4.79 Å². The normalized spacial score (nSPS) is 25.5. The highest BCUT2D eigenvalue weighted by molar-refractivity contribution is 5.80. The highest BCUT2D eigenvalue weighted by atomic mass is 19.3. The van der Waals surface area contributed by atoms with Gasteiger partial charge in [-0.15, -0.1) is 0 Å². The molecule has 0 aromatic rings. The highest BCUT2D eigenvalue weighted by Gasteiger charge is 2.50. The largest absolute Gasteiger partial charge is 0.377 e. The average Bonchev–Trinajstić information content (AvgIpc) is 2.05. The number of hydrogen-bond donors (Lipinski definition) is 0. The first-order valence-electron chi connectivity index (χ1n) is 5.29. The number of nitrogens with zero attached hydrogens (tertiary/aromatic N) is 1. The minimum Gasteiger partial charge on any atom is -0.377 e. The smallest absolute Gasteiger partial charge is 0.249 e. The first-order valence-corrected chi connectivity index (χ1v) is 5.29. The van der Waals surface area contributed by atoms with Gasteiger partial charge in [-0.05, 0) is 6.92 Å². The summed E-state index contributed by atoms with van der Waals surface area (Å²) in [7, 11) is 0. The number of amides is 1. The van der Waals surface area contributed by atoms with Crippen LogP contribution in [0.25, 0.3) is 0 Å². The van der Waals surface area contributed by atoms with Gasteiger partial charge >= 0.3 is 0 Å². The second-order valence-corrected chi connectivity index (χ2v) is 4.28. The molecule has 15 heavy (non-hydrogen) atoms. The quantitative estimate of drug-likeness (QED) is 0.715. The van der Waals surface area contributed by atoms with Crippen molar-refractivity contribution in [3.63, 3.8) is 0 Å². The zero-order valence-corrected chi connectivity index (χ0v) is 8.71. The predicted molar refractivity (Wildman–Crippen MR) is 49.7 cm³/mol. The van der Waals surface area contributed by atoms with E-state index in [9.17, 15) is 13.6 Å². The van der Waals surface area contributed by atoms with Crippen LogP contribution in [0.5, 0.6) is 0 Å². The van der Waals surface area contributed by atoms with Crippen molar-refractivity contribution in [3.8, 4) is 0 Å². The Morgan fingerprint density at radius 3 is 2.40 bits per heavy atom. The topological polar surface area (TPSA) is 29.5 Å². The SMILES string of the molecule is CCN(C(=O)C1CC(F)(F)C1)C1COC1. The summed E-state index contributed by atoms with van der Waals surface area (Å²) in [6, 6.07) is 0.108. The van der Waals surface area contributed by atoms with E-state index in [0.717, 1.165) is 0 Å². The maximum Gasteiger partial charge on any atom is 0.249 e. The third-order valence-corrected chi connectivity index (χ3v) is 3.12. The number of carbonyl (C=O) groups is 1. The Labute approximate surface area is 87.4 Å². The van der Waals surface area contributed by atoms with Crippen LogP contribution in [-0.2, 0) is 9.53 Å². The number of likely N-dealkylation sites (N-methyl/N-ethyl adjacent to an activating group) is 1. The van der Waals surface area contributed by atoms with Crippen LogP contribution in [0.3, 0.4) is 0 Å². The van der Waals surface area contributed by atoms with Gasteiger partial charge in [0.2, 0.25) is 11.8 Å². The van der Waals surface area contributed by atoms with Gasteiger partial charge in [-0.1, -0.05) is 0 Å². The molecule has 5 heteroatoms. The van der Waals surface area contributed by atoms with E-state index in [4.69, 9.17) is 4.74 Å².